The zero-order valence-electron chi connectivity index (χ0n) is 6.52. The third-order valence-electron chi connectivity index (χ3n) is 1.24. The Morgan fingerprint density at radius 2 is 2.00 bits per heavy atom. The van der Waals surface area contributed by atoms with E-state index >= 15 is 0 Å². The number of hydrogen-bond donors (Lipinski definition) is 1. The highest BCUT2D eigenvalue weighted by Gasteiger charge is 1.83. The topological polar surface area (TPSA) is 12.0 Å². The fourth-order valence-electron chi connectivity index (χ4n) is 0.671. The molecule has 48 valence electrons. The van der Waals surface area contributed by atoms with E-state index in [2.05, 4.69) is 5.32 Å². The van der Waals surface area contributed by atoms with Crippen molar-refractivity contribution in [3.63, 3.8) is 0 Å². The second kappa shape index (κ2) is 2.53. The minimum Gasteiger partial charge on any atom is -0.388 e. The number of anilines is 1. The van der Waals surface area contributed by atoms with Crippen molar-refractivity contribution in [1.82, 2.24) is 0 Å². The summed E-state index contributed by atoms with van der Waals surface area (Å²) in [6, 6.07) is 7.87. The van der Waals surface area contributed by atoms with Gasteiger partial charge in [0.15, 0.2) is 0 Å². The summed E-state index contributed by atoms with van der Waals surface area (Å²) in [5, 5.41) is 3.02. The van der Waals surface area contributed by atoms with Crippen LogP contribution in [0.4, 0.5) is 5.69 Å². The first kappa shape index (κ1) is 4.86. The van der Waals surface area contributed by atoms with E-state index in [9.17, 15) is 0 Å². The predicted molar refractivity (Wildman–Crippen MR) is 40.7 cm³/mol. The molecule has 0 aliphatic rings. The highest BCUT2D eigenvalue weighted by molar-refractivity contribution is 5.43. The van der Waals surface area contributed by atoms with Gasteiger partial charge in [0.1, 0.15) is 0 Å². The molecule has 0 aliphatic heterocycles. The molecule has 0 unspecified atom stereocenters. The monoisotopic (exact) mass is 122 g/mol. The summed E-state index contributed by atoms with van der Waals surface area (Å²) in [5.41, 5.74) is 2.15. The summed E-state index contributed by atoms with van der Waals surface area (Å²) in [6.07, 6.45) is 0. The average Bonchev–Trinajstić information content (AvgIpc) is 2.05. The van der Waals surface area contributed by atoms with Gasteiger partial charge in [0.05, 0.1) is 0 Å². The van der Waals surface area contributed by atoms with Crippen LogP contribution < -0.4 is 5.32 Å². The summed E-state index contributed by atoms with van der Waals surface area (Å²) in [5.74, 6) is 0. The van der Waals surface area contributed by atoms with Crippen molar-refractivity contribution in [1.29, 1.82) is 0 Å². The minimum atomic E-state index is 0.365. The summed E-state index contributed by atoms with van der Waals surface area (Å²) in [4.78, 5) is 0. The van der Waals surface area contributed by atoms with Gasteiger partial charge in [0.25, 0.3) is 0 Å². The molecule has 1 heteroatoms. The zero-order chi connectivity index (χ0) is 7.40. The van der Waals surface area contributed by atoms with Crippen LogP contribution in [0.3, 0.4) is 0 Å². The van der Waals surface area contributed by atoms with Crippen LogP contribution in [-0.2, 0) is 0 Å². The third-order valence-corrected chi connectivity index (χ3v) is 1.24. The van der Waals surface area contributed by atoms with Gasteiger partial charge < -0.3 is 5.32 Å². The van der Waals surface area contributed by atoms with Crippen molar-refractivity contribution in [3.05, 3.63) is 29.8 Å². The standard InChI is InChI=1S/C8H11N/c1-7-3-5-8(9-2)6-4-7/h3-6,9H,1-2H3/i1D. The Labute approximate surface area is 57.1 Å². The molecule has 0 aromatic heterocycles. The van der Waals surface area contributed by atoms with E-state index in [4.69, 9.17) is 1.37 Å². The van der Waals surface area contributed by atoms with Gasteiger partial charge >= 0.3 is 0 Å². The molecular weight excluding hydrogens is 110 g/mol. The van der Waals surface area contributed by atoms with E-state index in [1.807, 2.05) is 31.3 Å². The van der Waals surface area contributed by atoms with E-state index in [0.717, 1.165) is 11.3 Å². The van der Waals surface area contributed by atoms with Gasteiger partial charge in [-0.15, -0.1) is 0 Å². The summed E-state index contributed by atoms with van der Waals surface area (Å²) in [7, 11) is 1.88. The van der Waals surface area contributed by atoms with E-state index < -0.39 is 0 Å². The average molecular weight is 122 g/mol. The normalized spacial score (nSPS) is 10.6. The van der Waals surface area contributed by atoms with Crippen LogP contribution in [0.25, 0.3) is 0 Å². The molecule has 1 aromatic carbocycles. The zero-order valence-corrected chi connectivity index (χ0v) is 5.52. The lowest BCUT2D eigenvalue weighted by molar-refractivity contribution is 1.44. The van der Waals surface area contributed by atoms with E-state index in [0.29, 0.717) is 6.90 Å². The van der Waals surface area contributed by atoms with Crippen molar-refractivity contribution >= 4 is 5.69 Å². The molecule has 0 amide bonds. The highest BCUT2D eigenvalue weighted by Crippen LogP contribution is 2.06. The van der Waals surface area contributed by atoms with Gasteiger partial charge in [0, 0.05) is 14.1 Å². The molecule has 1 N–H and O–H groups in total. The summed E-state index contributed by atoms with van der Waals surface area (Å²) >= 11 is 0. The van der Waals surface area contributed by atoms with Gasteiger partial charge in [-0.05, 0) is 19.0 Å². The van der Waals surface area contributed by atoms with E-state index in [-0.39, 0.29) is 0 Å². The third kappa shape index (κ3) is 1.46. The molecule has 0 radical (unpaired) electrons. The smallest absolute Gasteiger partial charge is 0.0337 e. The van der Waals surface area contributed by atoms with E-state index in [1.165, 1.54) is 0 Å². The molecule has 0 spiro atoms. The maximum Gasteiger partial charge on any atom is 0.0337 e. The lowest BCUT2D eigenvalue weighted by atomic mass is 10.2. The van der Waals surface area contributed by atoms with Crippen LogP contribution >= 0.6 is 0 Å². The van der Waals surface area contributed by atoms with Gasteiger partial charge in [-0.3, -0.25) is 0 Å². The molecule has 0 heterocycles. The number of benzene rings is 1. The number of hydrogen-bond acceptors (Lipinski definition) is 1. The summed E-state index contributed by atoms with van der Waals surface area (Å²) in [6.45, 7) is 0.365. The molecule has 1 rings (SSSR count). The molecule has 1 aromatic rings. The molecule has 0 atom stereocenters. The molecule has 0 aliphatic carbocycles. The Balaban J connectivity index is 2.80. The Bertz CT molecular complexity index is 170. The van der Waals surface area contributed by atoms with Crippen molar-refractivity contribution < 1.29 is 1.37 Å². The van der Waals surface area contributed by atoms with Crippen LogP contribution in [0, 0.1) is 6.90 Å². The molecule has 0 fully saturated rings. The van der Waals surface area contributed by atoms with E-state index in [1.54, 1.807) is 0 Å². The van der Waals surface area contributed by atoms with Crippen molar-refractivity contribution in [2.75, 3.05) is 12.4 Å². The van der Waals surface area contributed by atoms with Crippen LogP contribution in [0.1, 0.15) is 6.93 Å². The molecule has 9 heavy (non-hydrogen) atoms. The van der Waals surface area contributed by atoms with Crippen LogP contribution in [0.15, 0.2) is 24.3 Å². The predicted octanol–water partition coefficient (Wildman–Crippen LogP) is 2.04. The largest absolute Gasteiger partial charge is 0.388 e. The molecule has 1 nitrogen and oxygen atoms in total. The van der Waals surface area contributed by atoms with Gasteiger partial charge in [-0.1, -0.05) is 17.7 Å². The molecule has 0 saturated heterocycles. The Morgan fingerprint density at radius 1 is 1.33 bits per heavy atom. The Kier molecular flexibility index (Phi) is 1.37. The number of nitrogens with one attached hydrogen (secondary N) is 1. The van der Waals surface area contributed by atoms with Gasteiger partial charge in [-0.2, -0.15) is 0 Å². The second-order valence-electron chi connectivity index (χ2n) is 1.95. The van der Waals surface area contributed by atoms with Crippen LogP contribution in [0.5, 0.6) is 0 Å². The van der Waals surface area contributed by atoms with Crippen molar-refractivity contribution in [3.8, 4) is 0 Å². The molecule has 0 bridgehead atoms. The maximum absolute atomic E-state index is 7.05. The fraction of sp³-hybridized carbons (Fsp3) is 0.250. The maximum atomic E-state index is 7.05. The number of aryl methyl sites for hydroxylation is 1. The quantitative estimate of drug-likeness (QED) is 0.601. The first-order chi connectivity index (χ1) is 4.86. The SMILES string of the molecule is [2H]Cc1ccc(NC)cc1. The van der Waals surface area contributed by atoms with Crippen molar-refractivity contribution in [2.45, 2.75) is 6.90 Å². The highest BCUT2D eigenvalue weighted by atomic mass is 14.8. The van der Waals surface area contributed by atoms with Gasteiger partial charge in [-0.25, -0.2) is 0 Å². The Hall–Kier alpha value is -0.980. The lowest BCUT2D eigenvalue weighted by Crippen LogP contribution is -1.85. The fourth-order valence-corrected chi connectivity index (χ4v) is 0.671. The summed E-state index contributed by atoms with van der Waals surface area (Å²) < 4.78 is 7.05. The molecule has 0 saturated carbocycles. The van der Waals surface area contributed by atoms with Crippen molar-refractivity contribution in [2.24, 2.45) is 0 Å². The number of rotatable bonds is 1. The second-order valence-corrected chi connectivity index (χ2v) is 1.95. The molecular formula is C8H11N. The first-order valence-electron chi connectivity index (χ1n) is 3.63. The minimum absolute atomic E-state index is 0.365. The van der Waals surface area contributed by atoms with Crippen LogP contribution in [-0.4, -0.2) is 7.05 Å². The Morgan fingerprint density at radius 3 is 2.44 bits per heavy atom. The lowest BCUT2D eigenvalue weighted by Gasteiger charge is -1.97. The van der Waals surface area contributed by atoms with Gasteiger partial charge in [0.2, 0.25) is 0 Å². The first-order valence-corrected chi connectivity index (χ1v) is 2.92. The van der Waals surface area contributed by atoms with Crippen LogP contribution in [0.2, 0.25) is 0 Å².